The summed E-state index contributed by atoms with van der Waals surface area (Å²) >= 11 is 2.80. The van der Waals surface area contributed by atoms with Crippen LogP contribution in [0, 0.1) is 12.7 Å². The number of nitrogens with zero attached hydrogens (tertiary/aromatic N) is 1. The second-order valence-electron chi connectivity index (χ2n) is 7.44. The molecular weight excluding hydrogens is 445 g/mol. The van der Waals surface area contributed by atoms with Crippen LogP contribution in [-0.4, -0.2) is 26.5 Å². The Balaban J connectivity index is 1.34. The highest BCUT2D eigenvalue weighted by Crippen LogP contribution is 2.31. The van der Waals surface area contributed by atoms with E-state index in [2.05, 4.69) is 15.0 Å². The number of H-pyrrole nitrogens is 2. The first-order chi connectivity index (χ1) is 15.5. The standard InChI is InChI=1S/C24H18FN3O2S2/c1-13-21(16-4-2-3-5-18(16)26-13)19(29)11-31-12-20-27-23(30)22-17(10-32-24(22)28-20)14-6-8-15(25)9-7-14/h2-10,26H,11-12H2,1H3,(H,27,28,30). The minimum atomic E-state index is -0.322. The number of hydrogen-bond donors (Lipinski definition) is 2. The van der Waals surface area contributed by atoms with Gasteiger partial charge in [0.25, 0.3) is 5.56 Å². The van der Waals surface area contributed by atoms with Crippen molar-refractivity contribution in [2.45, 2.75) is 12.7 Å². The van der Waals surface area contributed by atoms with Crippen LogP contribution >= 0.6 is 23.1 Å². The number of hydrogen-bond acceptors (Lipinski definition) is 5. The number of carbonyl (C=O) groups excluding carboxylic acids is 1. The van der Waals surface area contributed by atoms with Crippen molar-refractivity contribution >= 4 is 50.0 Å². The molecule has 0 aliphatic carbocycles. The van der Waals surface area contributed by atoms with Crippen LogP contribution in [0.1, 0.15) is 21.9 Å². The zero-order chi connectivity index (χ0) is 22.2. The minimum absolute atomic E-state index is 0.0445. The molecule has 8 heteroatoms. The molecule has 3 heterocycles. The number of benzene rings is 2. The van der Waals surface area contributed by atoms with Gasteiger partial charge in [0.1, 0.15) is 16.5 Å². The average molecular weight is 464 g/mol. The van der Waals surface area contributed by atoms with E-state index in [-0.39, 0.29) is 22.9 Å². The topological polar surface area (TPSA) is 78.6 Å². The van der Waals surface area contributed by atoms with Crippen molar-refractivity contribution in [3.63, 3.8) is 0 Å². The summed E-state index contributed by atoms with van der Waals surface area (Å²) in [5.74, 6) is 0.959. The molecule has 0 saturated heterocycles. The molecule has 0 radical (unpaired) electrons. The lowest BCUT2D eigenvalue weighted by atomic mass is 10.1. The molecule has 160 valence electrons. The molecule has 5 rings (SSSR count). The molecule has 0 amide bonds. The fourth-order valence-electron chi connectivity index (χ4n) is 3.85. The van der Waals surface area contributed by atoms with Crippen molar-refractivity contribution in [2.24, 2.45) is 0 Å². The summed E-state index contributed by atoms with van der Waals surface area (Å²) in [5, 5.41) is 3.29. The van der Waals surface area contributed by atoms with Crippen LogP contribution in [0.25, 0.3) is 32.2 Å². The molecule has 5 aromatic rings. The molecule has 0 saturated carbocycles. The van der Waals surface area contributed by atoms with Crippen molar-refractivity contribution in [3.8, 4) is 11.1 Å². The quantitative estimate of drug-likeness (QED) is 0.317. The molecule has 0 bridgehead atoms. The summed E-state index contributed by atoms with van der Waals surface area (Å²) in [7, 11) is 0. The highest BCUT2D eigenvalue weighted by Gasteiger charge is 2.17. The van der Waals surface area contributed by atoms with Crippen LogP contribution in [0.3, 0.4) is 0 Å². The second kappa shape index (κ2) is 8.37. The molecule has 0 unspecified atom stereocenters. The third kappa shape index (κ3) is 3.76. The van der Waals surface area contributed by atoms with E-state index in [0.717, 1.165) is 27.7 Å². The first-order valence-electron chi connectivity index (χ1n) is 9.96. The van der Waals surface area contributed by atoms with Crippen LogP contribution in [0.4, 0.5) is 4.39 Å². The summed E-state index contributed by atoms with van der Waals surface area (Å²) in [6.07, 6.45) is 0. The molecule has 2 N–H and O–H groups in total. The van der Waals surface area contributed by atoms with E-state index in [0.29, 0.717) is 27.4 Å². The van der Waals surface area contributed by atoms with Crippen LogP contribution in [0.15, 0.2) is 58.7 Å². The van der Waals surface area contributed by atoms with E-state index >= 15 is 0 Å². The summed E-state index contributed by atoms with van der Waals surface area (Å²) < 4.78 is 13.2. The highest BCUT2D eigenvalue weighted by molar-refractivity contribution is 7.99. The number of fused-ring (bicyclic) bond motifs is 2. The lowest BCUT2D eigenvalue weighted by molar-refractivity contribution is 0.102. The number of ketones is 1. The van der Waals surface area contributed by atoms with Gasteiger partial charge in [0, 0.05) is 33.1 Å². The number of thiophene rings is 1. The molecule has 3 aromatic heterocycles. The van der Waals surface area contributed by atoms with E-state index in [1.165, 1.54) is 35.2 Å². The zero-order valence-corrected chi connectivity index (χ0v) is 18.7. The van der Waals surface area contributed by atoms with Crippen LogP contribution < -0.4 is 5.56 Å². The molecule has 0 atom stereocenters. The number of halogens is 1. The Labute approximate surface area is 190 Å². The molecule has 32 heavy (non-hydrogen) atoms. The first kappa shape index (κ1) is 20.7. The Bertz CT molecular complexity index is 1520. The van der Waals surface area contributed by atoms with Crippen molar-refractivity contribution < 1.29 is 9.18 Å². The van der Waals surface area contributed by atoms with Gasteiger partial charge in [-0.05, 0) is 30.7 Å². The first-order valence-corrected chi connectivity index (χ1v) is 12.0. The number of aryl methyl sites for hydroxylation is 1. The fraction of sp³-hybridized carbons (Fsp3) is 0.125. The van der Waals surface area contributed by atoms with Crippen molar-refractivity contribution in [1.29, 1.82) is 0 Å². The largest absolute Gasteiger partial charge is 0.358 e. The minimum Gasteiger partial charge on any atom is -0.358 e. The molecule has 0 fully saturated rings. The van der Waals surface area contributed by atoms with Gasteiger partial charge in [-0.3, -0.25) is 9.59 Å². The Kier molecular flexibility index (Phi) is 5.40. The third-order valence-corrected chi connectivity index (χ3v) is 7.11. The van der Waals surface area contributed by atoms with Gasteiger partial charge in [-0.25, -0.2) is 9.37 Å². The monoisotopic (exact) mass is 463 g/mol. The maximum atomic E-state index is 13.2. The van der Waals surface area contributed by atoms with Gasteiger partial charge < -0.3 is 9.97 Å². The normalized spacial score (nSPS) is 11.4. The van der Waals surface area contributed by atoms with Gasteiger partial charge in [0.05, 0.1) is 16.9 Å². The molecule has 0 spiro atoms. The smallest absolute Gasteiger partial charge is 0.260 e. The average Bonchev–Trinajstić information content (AvgIpc) is 3.35. The van der Waals surface area contributed by atoms with Crippen molar-refractivity contribution in [3.05, 3.63) is 87.2 Å². The van der Waals surface area contributed by atoms with Crippen molar-refractivity contribution in [2.75, 3.05) is 5.75 Å². The van der Waals surface area contributed by atoms with Crippen molar-refractivity contribution in [1.82, 2.24) is 15.0 Å². The van der Waals surface area contributed by atoms with Gasteiger partial charge in [-0.2, -0.15) is 0 Å². The SMILES string of the molecule is Cc1[nH]c2ccccc2c1C(=O)CSCc1nc2scc(-c3ccc(F)cc3)c2c(=O)[nH]1. The Hall–Kier alpha value is -3.23. The lowest BCUT2D eigenvalue weighted by Gasteiger charge is -2.04. The number of Topliss-reactive ketones (excluding diaryl/α,β-unsaturated/α-hetero) is 1. The van der Waals surface area contributed by atoms with Gasteiger partial charge in [-0.1, -0.05) is 30.3 Å². The predicted molar refractivity (Wildman–Crippen MR) is 129 cm³/mol. The number of nitrogens with one attached hydrogen (secondary N) is 2. The van der Waals surface area contributed by atoms with Gasteiger partial charge in [-0.15, -0.1) is 23.1 Å². The van der Waals surface area contributed by atoms with E-state index in [9.17, 15) is 14.0 Å². The molecule has 0 aliphatic rings. The highest BCUT2D eigenvalue weighted by atomic mass is 32.2. The summed E-state index contributed by atoms with van der Waals surface area (Å²) in [4.78, 5) is 36.9. The van der Waals surface area contributed by atoms with Gasteiger partial charge >= 0.3 is 0 Å². The number of aromatic nitrogens is 3. The van der Waals surface area contributed by atoms with E-state index in [4.69, 9.17) is 0 Å². The molecule has 2 aromatic carbocycles. The summed E-state index contributed by atoms with van der Waals surface area (Å²) in [5.41, 5.74) is 3.80. The molecule has 5 nitrogen and oxygen atoms in total. The maximum absolute atomic E-state index is 13.2. The number of para-hydroxylation sites is 1. The summed E-state index contributed by atoms with van der Waals surface area (Å²) in [6, 6.07) is 13.8. The molecular formula is C24H18FN3O2S2. The number of carbonyl (C=O) groups is 1. The Morgan fingerprint density at radius 1 is 1.12 bits per heavy atom. The molecule has 0 aliphatic heterocycles. The van der Waals surface area contributed by atoms with E-state index < -0.39 is 0 Å². The lowest BCUT2D eigenvalue weighted by Crippen LogP contribution is -2.11. The van der Waals surface area contributed by atoms with Crippen LogP contribution in [0.5, 0.6) is 0 Å². The number of aromatic amines is 2. The zero-order valence-electron chi connectivity index (χ0n) is 17.1. The van der Waals surface area contributed by atoms with Crippen LogP contribution in [-0.2, 0) is 5.75 Å². The fourth-order valence-corrected chi connectivity index (χ4v) is 5.58. The van der Waals surface area contributed by atoms with E-state index in [1.54, 1.807) is 12.1 Å². The number of thioether (sulfide) groups is 1. The third-order valence-electron chi connectivity index (χ3n) is 5.29. The van der Waals surface area contributed by atoms with E-state index in [1.807, 2.05) is 36.6 Å². The number of rotatable bonds is 6. The van der Waals surface area contributed by atoms with Crippen LogP contribution in [0.2, 0.25) is 0 Å². The Morgan fingerprint density at radius 3 is 2.72 bits per heavy atom. The maximum Gasteiger partial charge on any atom is 0.260 e. The Morgan fingerprint density at radius 2 is 1.91 bits per heavy atom. The predicted octanol–water partition coefficient (Wildman–Crippen LogP) is 5.70. The van der Waals surface area contributed by atoms with Gasteiger partial charge in [0.2, 0.25) is 0 Å². The van der Waals surface area contributed by atoms with Gasteiger partial charge in [0.15, 0.2) is 5.78 Å². The second-order valence-corrected chi connectivity index (χ2v) is 9.28. The summed E-state index contributed by atoms with van der Waals surface area (Å²) in [6.45, 7) is 1.90.